The minimum absolute atomic E-state index is 0.520. The highest BCUT2D eigenvalue weighted by molar-refractivity contribution is 6.77. The van der Waals surface area contributed by atoms with Gasteiger partial charge in [-0.15, -0.1) is 6.58 Å². The molecule has 0 aromatic rings. The van der Waals surface area contributed by atoms with Crippen molar-refractivity contribution in [1.29, 1.82) is 0 Å². The normalized spacial score (nSPS) is 13.8. The van der Waals surface area contributed by atoms with Crippen molar-refractivity contribution in [3.05, 3.63) is 12.3 Å². The van der Waals surface area contributed by atoms with Crippen molar-refractivity contribution in [2.24, 2.45) is 0 Å². The lowest BCUT2D eigenvalue weighted by Gasteiger charge is -2.32. The molecule has 8 heteroatoms. The fraction of sp³-hybridized carbons (Fsp3) is 0.556. The molecule has 1 atom stereocenters. The summed E-state index contributed by atoms with van der Waals surface area (Å²) in [5.41, 5.74) is -3.59. The zero-order valence-electron chi connectivity index (χ0n) is 9.63. The molecule has 0 spiro atoms. The summed E-state index contributed by atoms with van der Waals surface area (Å²) in [6.45, 7) is 5.34. The van der Waals surface area contributed by atoms with Gasteiger partial charge in [0, 0.05) is 13.8 Å². The average Bonchev–Trinajstić information content (AvgIpc) is 2.14. The van der Waals surface area contributed by atoms with E-state index in [-0.39, 0.29) is 0 Å². The Balaban J connectivity index is 5.54. The van der Waals surface area contributed by atoms with Gasteiger partial charge in [-0.05, 0) is 12.6 Å². The molecule has 4 nitrogen and oxygen atoms in total. The fourth-order valence-electron chi connectivity index (χ4n) is 1.08. The lowest BCUT2D eigenvalue weighted by atomic mass is 10.5. The predicted molar refractivity (Wildman–Crippen MR) is 55.0 cm³/mol. The number of halogens is 3. The van der Waals surface area contributed by atoms with E-state index in [9.17, 15) is 22.8 Å². The molecule has 0 aliphatic carbocycles. The number of carbonyl (C=O) groups is 2. The SMILES string of the molecule is C=C[Si](OC(C)=O)(OC(C)=O)C(F)(F)C(C)F. The Bertz CT molecular complexity index is 314. The molecule has 98 valence electrons. The minimum atomic E-state index is -4.83. The Morgan fingerprint density at radius 2 is 1.65 bits per heavy atom. The van der Waals surface area contributed by atoms with Crippen LogP contribution in [0.25, 0.3) is 0 Å². The van der Waals surface area contributed by atoms with E-state index in [4.69, 9.17) is 0 Å². The van der Waals surface area contributed by atoms with Crippen LogP contribution in [0.2, 0.25) is 0 Å². The second-order valence-corrected chi connectivity index (χ2v) is 6.12. The number of rotatable bonds is 5. The summed E-state index contributed by atoms with van der Waals surface area (Å²) in [5, 5.41) is 0. The third-order valence-corrected chi connectivity index (χ3v) is 4.87. The van der Waals surface area contributed by atoms with Gasteiger partial charge in [0.1, 0.15) is 0 Å². The fourth-order valence-corrected chi connectivity index (χ4v) is 3.24. The standard InChI is InChI=1S/C9H13F3O4Si/c1-5-17(15-7(3)13,16-8(4)14)9(11,12)6(2)10/h5-6H,1H2,2-4H3. The molecule has 0 aromatic carbocycles. The highest BCUT2D eigenvalue weighted by atomic mass is 28.4. The van der Waals surface area contributed by atoms with Crippen molar-refractivity contribution >= 4 is 20.5 Å². The first-order chi connectivity index (χ1) is 7.59. The van der Waals surface area contributed by atoms with Crippen LogP contribution in [0.3, 0.4) is 0 Å². The second-order valence-electron chi connectivity index (χ2n) is 3.30. The lowest BCUT2D eigenvalue weighted by molar-refractivity contribution is -0.144. The van der Waals surface area contributed by atoms with Gasteiger partial charge in [-0.1, -0.05) is 0 Å². The van der Waals surface area contributed by atoms with E-state index in [1.165, 1.54) is 0 Å². The molecule has 0 bridgehead atoms. The molecular weight excluding hydrogens is 257 g/mol. The van der Waals surface area contributed by atoms with Crippen molar-refractivity contribution in [2.45, 2.75) is 32.5 Å². The highest BCUT2D eigenvalue weighted by Gasteiger charge is 2.68. The van der Waals surface area contributed by atoms with Crippen LogP contribution < -0.4 is 0 Å². The molecule has 0 radical (unpaired) electrons. The topological polar surface area (TPSA) is 52.6 Å². The summed E-state index contributed by atoms with van der Waals surface area (Å²) in [7, 11) is -4.83. The van der Waals surface area contributed by atoms with Gasteiger partial charge in [0.05, 0.1) is 0 Å². The van der Waals surface area contributed by atoms with Crippen LogP contribution in [0.1, 0.15) is 20.8 Å². The smallest absolute Gasteiger partial charge is 0.479 e. The van der Waals surface area contributed by atoms with Crippen LogP contribution in [0.15, 0.2) is 12.3 Å². The lowest BCUT2D eigenvalue weighted by Crippen LogP contribution is -2.62. The Hall–Kier alpha value is -1.31. The first-order valence-corrected chi connectivity index (χ1v) is 6.53. The Kier molecular flexibility index (Phi) is 4.93. The van der Waals surface area contributed by atoms with E-state index in [0.717, 1.165) is 13.8 Å². The maximum atomic E-state index is 13.6. The van der Waals surface area contributed by atoms with Gasteiger partial charge >= 0.3 is 14.1 Å². The third kappa shape index (κ3) is 3.32. The van der Waals surface area contributed by atoms with Crippen molar-refractivity contribution in [3.63, 3.8) is 0 Å². The molecule has 17 heavy (non-hydrogen) atoms. The van der Waals surface area contributed by atoms with Crippen molar-refractivity contribution < 1.29 is 31.6 Å². The van der Waals surface area contributed by atoms with E-state index in [1.54, 1.807) is 0 Å². The third-order valence-electron chi connectivity index (χ3n) is 1.82. The van der Waals surface area contributed by atoms with E-state index in [1.807, 2.05) is 0 Å². The summed E-state index contributed by atoms with van der Waals surface area (Å²) >= 11 is 0. The van der Waals surface area contributed by atoms with Gasteiger partial charge in [0.15, 0.2) is 6.17 Å². The summed E-state index contributed by atoms with van der Waals surface area (Å²) in [6, 6.07) is 0. The quantitative estimate of drug-likeness (QED) is 0.715. The van der Waals surface area contributed by atoms with Gasteiger partial charge in [0.2, 0.25) is 0 Å². The molecule has 0 aromatic heterocycles. The summed E-state index contributed by atoms with van der Waals surface area (Å²) in [5.74, 6) is -2.20. The monoisotopic (exact) mass is 270 g/mol. The first-order valence-electron chi connectivity index (χ1n) is 4.63. The van der Waals surface area contributed by atoms with E-state index in [0.29, 0.717) is 12.6 Å². The van der Waals surface area contributed by atoms with Gasteiger partial charge in [-0.25, -0.2) is 4.39 Å². The van der Waals surface area contributed by atoms with Crippen LogP contribution >= 0.6 is 0 Å². The van der Waals surface area contributed by atoms with Crippen molar-refractivity contribution in [1.82, 2.24) is 0 Å². The van der Waals surface area contributed by atoms with E-state index >= 15 is 0 Å². The first kappa shape index (κ1) is 15.7. The summed E-state index contributed by atoms with van der Waals surface area (Å²) in [6.07, 6.45) is -2.65. The largest absolute Gasteiger partial charge is 0.567 e. The maximum absolute atomic E-state index is 13.6. The van der Waals surface area contributed by atoms with Crippen LogP contribution in [0, 0.1) is 0 Å². The number of carbonyl (C=O) groups excluding carboxylic acids is 2. The molecule has 0 N–H and O–H groups in total. The average molecular weight is 270 g/mol. The van der Waals surface area contributed by atoms with Crippen LogP contribution in [-0.2, 0) is 18.4 Å². The molecule has 0 fully saturated rings. The van der Waals surface area contributed by atoms with Crippen LogP contribution in [-0.4, -0.2) is 32.2 Å². The molecular formula is C9H13F3O4Si. The van der Waals surface area contributed by atoms with Gasteiger partial charge in [-0.3, -0.25) is 9.59 Å². The molecule has 0 aliphatic rings. The minimum Gasteiger partial charge on any atom is -0.479 e. The maximum Gasteiger partial charge on any atom is 0.567 e. The predicted octanol–water partition coefficient (Wildman–Crippen LogP) is 1.81. The zero-order chi connectivity index (χ0) is 13.9. The van der Waals surface area contributed by atoms with Crippen LogP contribution in [0.4, 0.5) is 13.2 Å². The zero-order valence-corrected chi connectivity index (χ0v) is 10.6. The summed E-state index contributed by atoms with van der Waals surface area (Å²) < 4.78 is 49.0. The Morgan fingerprint density at radius 3 is 1.82 bits per heavy atom. The van der Waals surface area contributed by atoms with E-state index < -0.39 is 32.2 Å². The van der Waals surface area contributed by atoms with Crippen molar-refractivity contribution in [3.8, 4) is 0 Å². The molecule has 0 saturated heterocycles. The highest BCUT2D eigenvalue weighted by Crippen LogP contribution is 2.35. The van der Waals surface area contributed by atoms with Gasteiger partial charge in [-0.2, -0.15) is 8.78 Å². The Morgan fingerprint density at radius 1 is 1.29 bits per heavy atom. The molecule has 0 rings (SSSR count). The Labute approximate surface area is 97.6 Å². The number of hydrogen-bond donors (Lipinski definition) is 0. The summed E-state index contributed by atoms with van der Waals surface area (Å²) in [4.78, 5) is 21.6. The number of alkyl halides is 3. The van der Waals surface area contributed by atoms with Gasteiger partial charge in [0.25, 0.3) is 11.9 Å². The molecule has 0 saturated carbocycles. The van der Waals surface area contributed by atoms with Crippen LogP contribution in [0.5, 0.6) is 0 Å². The van der Waals surface area contributed by atoms with Crippen molar-refractivity contribution in [2.75, 3.05) is 0 Å². The van der Waals surface area contributed by atoms with E-state index in [2.05, 4.69) is 15.4 Å². The number of hydrogen-bond acceptors (Lipinski definition) is 4. The molecule has 0 amide bonds. The second kappa shape index (κ2) is 5.35. The van der Waals surface area contributed by atoms with Gasteiger partial charge < -0.3 is 8.85 Å². The molecule has 0 aliphatic heterocycles. The molecule has 1 unspecified atom stereocenters. The molecule has 0 heterocycles.